The molecular weight excluding hydrogens is 190 g/mol. The second kappa shape index (κ2) is 6.80. The van der Waals surface area contributed by atoms with Gasteiger partial charge in [0.25, 0.3) is 0 Å². The first kappa shape index (κ1) is 14.4. The highest BCUT2D eigenvalue weighted by Gasteiger charge is 2.12. The van der Waals surface area contributed by atoms with Crippen molar-refractivity contribution in [2.24, 2.45) is 11.7 Å². The summed E-state index contributed by atoms with van der Waals surface area (Å²) < 4.78 is 0. The summed E-state index contributed by atoms with van der Waals surface area (Å²) in [6.45, 7) is 5.41. The Bertz CT molecular complexity index is 192. The average molecular weight is 215 g/mol. The van der Waals surface area contributed by atoms with Crippen molar-refractivity contribution >= 4 is 5.91 Å². The fraction of sp³-hybridized carbons (Fsp3) is 0.909. The van der Waals surface area contributed by atoms with Crippen LogP contribution in [-0.2, 0) is 4.79 Å². The number of amides is 1. The molecule has 0 aliphatic carbocycles. The minimum atomic E-state index is 0.149. The highest BCUT2D eigenvalue weighted by molar-refractivity contribution is 5.77. The Labute approximate surface area is 93.4 Å². The summed E-state index contributed by atoms with van der Waals surface area (Å²) in [5.41, 5.74) is 5.92. The van der Waals surface area contributed by atoms with E-state index in [1.165, 1.54) is 0 Å². The Morgan fingerprint density at radius 2 is 1.80 bits per heavy atom. The minimum absolute atomic E-state index is 0.149. The number of nitrogens with two attached hydrogens (primary N) is 1. The minimum Gasteiger partial charge on any atom is -0.345 e. The summed E-state index contributed by atoms with van der Waals surface area (Å²) in [6, 6.07) is 0.180. The second-order valence-corrected chi connectivity index (χ2v) is 4.75. The van der Waals surface area contributed by atoms with Crippen molar-refractivity contribution in [1.29, 1.82) is 0 Å². The number of hydrogen-bond acceptors (Lipinski definition) is 3. The van der Waals surface area contributed by atoms with E-state index in [9.17, 15) is 4.79 Å². The summed E-state index contributed by atoms with van der Waals surface area (Å²) in [5.74, 6) is 0.623. The molecule has 0 radical (unpaired) electrons. The third-order valence-electron chi connectivity index (χ3n) is 2.53. The molecule has 1 amide bonds. The molecule has 0 heterocycles. The normalized spacial score (nSPS) is 13.3. The van der Waals surface area contributed by atoms with Crippen LogP contribution in [0.4, 0.5) is 0 Å². The predicted molar refractivity (Wildman–Crippen MR) is 63.6 cm³/mol. The summed E-state index contributed by atoms with van der Waals surface area (Å²) >= 11 is 0. The first-order valence-electron chi connectivity index (χ1n) is 5.48. The molecule has 0 spiro atoms. The molecule has 2 N–H and O–H groups in total. The van der Waals surface area contributed by atoms with Gasteiger partial charge in [0.05, 0.1) is 6.54 Å². The maximum atomic E-state index is 11.6. The van der Waals surface area contributed by atoms with Crippen molar-refractivity contribution < 1.29 is 4.79 Å². The topological polar surface area (TPSA) is 49.6 Å². The van der Waals surface area contributed by atoms with Crippen LogP contribution in [0.2, 0.25) is 0 Å². The third-order valence-corrected chi connectivity index (χ3v) is 2.53. The molecule has 4 nitrogen and oxygen atoms in total. The zero-order valence-corrected chi connectivity index (χ0v) is 10.7. The monoisotopic (exact) mass is 215 g/mol. The quantitative estimate of drug-likeness (QED) is 0.697. The number of likely N-dealkylation sites (N-methyl/N-ethyl adjacent to an activating group) is 2. The van der Waals surface area contributed by atoms with Crippen molar-refractivity contribution in [2.45, 2.75) is 26.3 Å². The van der Waals surface area contributed by atoms with Gasteiger partial charge in [0.15, 0.2) is 0 Å². The molecule has 0 aromatic heterocycles. The van der Waals surface area contributed by atoms with Gasteiger partial charge < -0.3 is 15.5 Å². The van der Waals surface area contributed by atoms with Gasteiger partial charge >= 0.3 is 0 Å². The summed E-state index contributed by atoms with van der Waals surface area (Å²) in [5, 5.41) is 0. The molecule has 0 rings (SSSR count). The number of rotatable bonds is 6. The van der Waals surface area contributed by atoms with Crippen molar-refractivity contribution in [3.8, 4) is 0 Å². The molecule has 0 aliphatic rings. The van der Waals surface area contributed by atoms with Crippen LogP contribution in [0.15, 0.2) is 0 Å². The number of hydrogen-bond donors (Lipinski definition) is 1. The lowest BCUT2D eigenvalue weighted by molar-refractivity contribution is -0.130. The molecule has 0 bridgehead atoms. The summed E-state index contributed by atoms with van der Waals surface area (Å²) in [7, 11) is 5.62. The lowest BCUT2D eigenvalue weighted by Gasteiger charge is -2.22. The largest absolute Gasteiger partial charge is 0.345 e. The number of carbonyl (C=O) groups is 1. The fourth-order valence-electron chi connectivity index (χ4n) is 1.19. The highest BCUT2D eigenvalue weighted by atomic mass is 16.2. The van der Waals surface area contributed by atoms with Crippen molar-refractivity contribution in [2.75, 3.05) is 34.2 Å². The lowest BCUT2D eigenvalue weighted by atomic mass is 10.0. The van der Waals surface area contributed by atoms with Crippen molar-refractivity contribution in [3.05, 3.63) is 0 Å². The molecular formula is C11H25N3O. The highest BCUT2D eigenvalue weighted by Crippen LogP contribution is 2.03. The lowest BCUT2D eigenvalue weighted by Crippen LogP contribution is -2.38. The van der Waals surface area contributed by atoms with Crippen LogP contribution in [0.1, 0.15) is 20.3 Å². The zero-order chi connectivity index (χ0) is 12.0. The SMILES string of the molecule is CC(C)C(N)CCN(C)C(=O)CN(C)C. The maximum absolute atomic E-state index is 11.6. The number of nitrogens with zero attached hydrogens (tertiary/aromatic N) is 2. The average Bonchev–Trinajstić information content (AvgIpc) is 2.12. The molecule has 0 aromatic carbocycles. The molecule has 0 aliphatic heterocycles. The summed E-state index contributed by atoms with van der Waals surface area (Å²) in [4.78, 5) is 15.2. The van der Waals surface area contributed by atoms with Gasteiger partial charge in [-0.1, -0.05) is 13.8 Å². The van der Waals surface area contributed by atoms with Crippen LogP contribution >= 0.6 is 0 Å². The smallest absolute Gasteiger partial charge is 0.236 e. The Balaban J connectivity index is 3.83. The van der Waals surface area contributed by atoms with Gasteiger partial charge in [-0.05, 0) is 26.4 Å². The van der Waals surface area contributed by atoms with Crippen molar-refractivity contribution in [1.82, 2.24) is 9.80 Å². The third kappa shape index (κ3) is 6.47. The van der Waals surface area contributed by atoms with Gasteiger partial charge in [-0.3, -0.25) is 4.79 Å². The van der Waals surface area contributed by atoms with E-state index in [0.29, 0.717) is 12.5 Å². The van der Waals surface area contributed by atoms with E-state index in [1.807, 2.05) is 26.0 Å². The first-order chi connectivity index (χ1) is 6.84. The molecule has 90 valence electrons. The van der Waals surface area contributed by atoms with E-state index in [-0.39, 0.29) is 11.9 Å². The van der Waals surface area contributed by atoms with E-state index < -0.39 is 0 Å². The van der Waals surface area contributed by atoms with Gasteiger partial charge in [-0.25, -0.2) is 0 Å². The summed E-state index contributed by atoms with van der Waals surface area (Å²) in [6.07, 6.45) is 0.868. The Kier molecular flexibility index (Phi) is 6.52. The van der Waals surface area contributed by atoms with Gasteiger partial charge in [0.1, 0.15) is 0 Å². The van der Waals surface area contributed by atoms with Crippen LogP contribution in [0.5, 0.6) is 0 Å². The molecule has 4 heteroatoms. The second-order valence-electron chi connectivity index (χ2n) is 4.75. The number of carbonyl (C=O) groups excluding carboxylic acids is 1. The van der Waals surface area contributed by atoms with Crippen LogP contribution in [0.25, 0.3) is 0 Å². The van der Waals surface area contributed by atoms with Gasteiger partial charge in [0.2, 0.25) is 5.91 Å². The predicted octanol–water partition coefficient (Wildman–Crippen LogP) is 0.380. The van der Waals surface area contributed by atoms with E-state index >= 15 is 0 Å². The molecule has 1 unspecified atom stereocenters. The van der Waals surface area contributed by atoms with Crippen molar-refractivity contribution in [3.63, 3.8) is 0 Å². The van der Waals surface area contributed by atoms with E-state index in [4.69, 9.17) is 5.73 Å². The molecule has 0 saturated carbocycles. The van der Waals surface area contributed by atoms with E-state index in [0.717, 1.165) is 13.0 Å². The van der Waals surface area contributed by atoms with Crippen LogP contribution in [-0.4, -0.2) is 56.0 Å². The molecule has 0 aromatic rings. The zero-order valence-electron chi connectivity index (χ0n) is 10.7. The van der Waals surface area contributed by atoms with Gasteiger partial charge in [-0.2, -0.15) is 0 Å². The fourth-order valence-corrected chi connectivity index (χ4v) is 1.19. The molecule has 0 fully saturated rings. The van der Waals surface area contributed by atoms with Crippen LogP contribution in [0.3, 0.4) is 0 Å². The van der Waals surface area contributed by atoms with Crippen LogP contribution in [0, 0.1) is 5.92 Å². The van der Waals surface area contributed by atoms with Gasteiger partial charge in [-0.15, -0.1) is 0 Å². The Morgan fingerprint density at radius 3 is 2.20 bits per heavy atom. The van der Waals surface area contributed by atoms with E-state index in [2.05, 4.69) is 13.8 Å². The molecule has 1 atom stereocenters. The van der Waals surface area contributed by atoms with Crippen LogP contribution < -0.4 is 5.73 Å². The Hall–Kier alpha value is -0.610. The molecule has 0 saturated heterocycles. The molecule has 15 heavy (non-hydrogen) atoms. The first-order valence-corrected chi connectivity index (χ1v) is 5.48. The van der Waals surface area contributed by atoms with Gasteiger partial charge in [0, 0.05) is 19.6 Å². The standard InChI is InChI=1S/C11H25N3O/c1-9(2)10(12)6-7-14(5)11(15)8-13(3)4/h9-10H,6-8,12H2,1-5H3. The Morgan fingerprint density at radius 1 is 1.27 bits per heavy atom. The maximum Gasteiger partial charge on any atom is 0.236 e. The van der Waals surface area contributed by atoms with E-state index in [1.54, 1.807) is 4.90 Å².